The van der Waals surface area contributed by atoms with Gasteiger partial charge in [-0.25, -0.2) is 4.98 Å². The number of aryl methyl sites for hydroxylation is 1. The number of imidazole rings is 1. The fraction of sp³-hybridized carbons (Fsp3) is 0.600. The Morgan fingerprint density at radius 2 is 2.04 bits per heavy atom. The molecule has 1 aromatic carbocycles. The number of nitrogens with zero attached hydrogens (tertiary/aromatic N) is 3. The number of aromatic nitrogens is 2. The number of likely N-dealkylation sites (tertiary alicyclic amines) is 2. The van der Waals surface area contributed by atoms with Crippen LogP contribution in [0, 0.1) is 12.8 Å². The zero-order chi connectivity index (χ0) is 17.4. The third-order valence-corrected chi connectivity index (χ3v) is 5.75. The SMILES string of the molecule is Cc1ccc2nc([C@@H]3CCCN(C(=O)[C@H]4CCCN(C)C4)C3)[nH]c2c1. The second kappa shape index (κ2) is 6.79. The Labute approximate surface area is 149 Å². The van der Waals surface area contributed by atoms with Crippen LogP contribution < -0.4 is 0 Å². The van der Waals surface area contributed by atoms with Crippen LogP contribution in [0.3, 0.4) is 0 Å². The highest BCUT2D eigenvalue weighted by molar-refractivity contribution is 5.79. The van der Waals surface area contributed by atoms with E-state index in [9.17, 15) is 4.79 Å². The van der Waals surface area contributed by atoms with E-state index >= 15 is 0 Å². The van der Waals surface area contributed by atoms with E-state index in [0.29, 0.717) is 11.8 Å². The van der Waals surface area contributed by atoms with Crippen LogP contribution in [0.4, 0.5) is 0 Å². The number of fused-ring (bicyclic) bond motifs is 1. The van der Waals surface area contributed by atoms with Crippen LogP contribution in [0.15, 0.2) is 18.2 Å². The normalized spacial score (nSPS) is 25.4. The maximum absolute atomic E-state index is 13.0. The van der Waals surface area contributed by atoms with Crippen molar-refractivity contribution in [3.05, 3.63) is 29.6 Å². The molecule has 25 heavy (non-hydrogen) atoms. The first-order valence-electron chi connectivity index (χ1n) is 9.54. The summed E-state index contributed by atoms with van der Waals surface area (Å²) >= 11 is 0. The molecule has 0 bridgehead atoms. The number of benzene rings is 1. The molecule has 2 atom stereocenters. The maximum atomic E-state index is 13.0. The van der Waals surface area contributed by atoms with E-state index in [4.69, 9.17) is 4.98 Å². The minimum absolute atomic E-state index is 0.177. The molecule has 2 aliphatic rings. The molecular formula is C20H28N4O. The van der Waals surface area contributed by atoms with Gasteiger partial charge in [0.15, 0.2) is 0 Å². The molecule has 2 fully saturated rings. The second-order valence-electron chi connectivity index (χ2n) is 7.87. The van der Waals surface area contributed by atoms with Crippen molar-refractivity contribution in [1.29, 1.82) is 0 Å². The minimum atomic E-state index is 0.177. The summed E-state index contributed by atoms with van der Waals surface area (Å²) in [5, 5.41) is 0. The fourth-order valence-electron chi connectivity index (χ4n) is 4.36. The first kappa shape index (κ1) is 16.6. The molecule has 5 nitrogen and oxygen atoms in total. The van der Waals surface area contributed by atoms with Crippen molar-refractivity contribution in [1.82, 2.24) is 19.8 Å². The van der Waals surface area contributed by atoms with Gasteiger partial charge in [0.05, 0.1) is 17.0 Å². The van der Waals surface area contributed by atoms with Gasteiger partial charge in [-0.1, -0.05) is 6.07 Å². The van der Waals surface area contributed by atoms with Gasteiger partial charge in [-0.05, 0) is 63.9 Å². The number of piperidine rings is 2. The van der Waals surface area contributed by atoms with Crippen LogP contribution in [0.5, 0.6) is 0 Å². The van der Waals surface area contributed by atoms with Crippen molar-refractivity contribution < 1.29 is 4.79 Å². The number of carbonyl (C=O) groups is 1. The number of carbonyl (C=O) groups excluding carboxylic acids is 1. The number of aromatic amines is 1. The molecule has 0 saturated carbocycles. The van der Waals surface area contributed by atoms with E-state index < -0.39 is 0 Å². The monoisotopic (exact) mass is 340 g/mol. The van der Waals surface area contributed by atoms with Crippen LogP contribution in [0.2, 0.25) is 0 Å². The number of hydrogen-bond donors (Lipinski definition) is 1. The molecule has 0 unspecified atom stereocenters. The van der Waals surface area contributed by atoms with Gasteiger partial charge in [-0.2, -0.15) is 0 Å². The zero-order valence-electron chi connectivity index (χ0n) is 15.3. The summed E-state index contributed by atoms with van der Waals surface area (Å²) in [5.41, 5.74) is 3.37. The lowest BCUT2D eigenvalue weighted by molar-refractivity contribution is -0.138. The Hall–Kier alpha value is -1.88. The van der Waals surface area contributed by atoms with Crippen molar-refractivity contribution in [2.45, 2.75) is 38.5 Å². The summed E-state index contributed by atoms with van der Waals surface area (Å²) in [6, 6.07) is 6.33. The number of hydrogen-bond acceptors (Lipinski definition) is 3. The first-order valence-corrected chi connectivity index (χ1v) is 9.54. The molecule has 3 heterocycles. The molecule has 2 saturated heterocycles. The van der Waals surface area contributed by atoms with Crippen LogP contribution in [-0.2, 0) is 4.79 Å². The molecule has 2 aliphatic heterocycles. The predicted octanol–water partition coefficient (Wildman–Crippen LogP) is 2.92. The molecule has 0 spiro atoms. The Morgan fingerprint density at radius 3 is 2.88 bits per heavy atom. The molecule has 1 aromatic heterocycles. The topological polar surface area (TPSA) is 52.2 Å². The highest BCUT2D eigenvalue weighted by Gasteiger charge is 2.32. The number of rotatable bonds is 2. The molecule has 0 radical (unpaired) electrons. The molecular weight excluding hydrogens is 312 g/mol. The smallest absolute Gasteiger partial charge is 0.226 e. The van der Waals surface area contributed by atoms with Crippen molar-refractivity contribution in [3.8, 4) is 0 Å². The number of nitrogens with one attached hydrogen (secondary N) is 1. The van der Waals surface area contributed by atoms with Gasteiger partial charge in [-0.15, -0.1) is 0 Å². The average molecular weight is 340 g/mol. The Morgan fingerprint density at radius 1 is 1.20 bits per heavy atom. The maximum Gasteiger partial charge on any atom is 0.226 e. The Balaban J connectivity index is 1.49. The third kappa shape index (κ3) is 3.43. The molecule has 5 heteroatoms. The standard InChI is InChI=1S/C20H28N4O/c1-14-7-8-17-18(11-14)22-19(21-17)15-5-4-10-24(13-15)20(25)16-6-3-9-23(2)12-16/h7-8,11,15-16H,3-6,9-10,12-13H2,1-2H3,(H,21,22)/t15-,16+/m1/s1. The molecule has 1 N–H and O–H groups in total. The summed E-state index contributed by atoms with van der Waals surface area (Å²) < 4.78 is 0. The summed E-state index contributed by atoms with van der Waals surface area (Å²) in [7, 11) is 2.12. The van der Waals surface area contributed by atoms with Crippen molar-refractivity contribution in [2.75, 3.05) is 33.2 Å². The zero-order valence-corrected chi connectivity index (χ0v) is 15.3. The highest BCUT2D eigenvalue weighted by Crippen LogP contribution is 2.29. The van der Waals surface area contributed by atoms with Gasteiger partial charge < -0.3 is 14.8 Å². The van der Waals surface area contributed by atoms with E-state index in [0.717, 1.165) is 68.7 Å². The molecule has 4 rings (SSSR count). The predicted molar refractivity (Wildman–Crippen MR) is 99.6 cm³/mol. The van der Waals surface area contributed by atoms with Gasteiger partial charge >= 0.3 is 0 Å². The second-order valence-corrected chi connectivity index (χ2v) is 7.87. The van der Waals surface area contributed by atoms with Crippen LogP contribution in [0.1, 0.15) is 43.0 Å². The van der Waals surface area contributed by atoms with Gasteiger partial charge in [0.2, 0.25) is 5.91 Å². The van der Waals surface area contributed by atoms with Crippen LogP contribution in [0.25, 0.3) is 11.0 Å². The number of amides is 1. The van der Waals surface area contributed by atoms with E-state index in [-0.39, 0.29) is 5.92 Å². The average Bonchev–Trinajstić information content (AvgIpc) is 3.04. The molecule has 0 aliphatic carbocycles. The lowest BCUT2D eigenvalue weighted by Crippen LogP contribution is -2.46. The van der Waals surface area contributed by atoms with Gasteiger partial charge in [0.1, 0.15) is 5.82 Å². The van der Waals surface area contributed by atoms with E-state index in [1.807, 2.05) is 0 Å². The fourth-order valence-corrected chi connectivity index (χ4v) is 4.36. The summed E-state index contributed by atoms with van der Waals surface area (Å²) in [6.07, 6.45) is 4.34. The van der Waals surface area contributed by atoms with Crippen LogP contribution in [-0.4, -0.2) is 58.9 Å². The Kier molecular flexibility index (Phi) is 4.50. The lowest BCUT2D eigenvalue weighted by Gasteiger charge is -2.37. The molecule has 134 valence electrons. The van der Waals surface area contributed by atoms with Gasteiger partial charge in [0, 0.05) is 25.6 Å². The van der Waals surface area contributed by atoms with Crippen LogP contribution >= 0.6 is 0 Å². The molecule has 1 amide bonds. The van der Waals surface area contributed by atoms with Gasteiger partial charge in [0.25, 0.3) is 0 Å². The van der Waals surface area contributed by atoms with Gasteiger partial charge in [-0.3, -0.25) is 4.79 Å². The van der Waals surface area contributed by atoms with Crippen molar-refractivity contribution >= 4 is 16.9 Å². The quantitative estimate of drug-likeness (QED) is 0.914. The Bertz CT molecular complexity index is 768. The van der Waals surface area contributed by atoms with E-state index in [1.54, 1.807) is 0 Å². The largest absolute Gasteiger partial charge is 0.342 e. The first-order chi connectivity index (χ1) is 12.1. The minimum Gasteiger partial charge on any atom is -0.342 e. The number of H-pyrrole nitrogens is 1. The summed E-state index contributed by atoms with van der Waals surface area (Å²) in [6.45, 7) is 5.82. The highest BCUT2D eigenvalue weighted by atomic mass is 16.2. The van der Waals surface area contributed by atoms with E-state index in [2.05, 4.69) is 47.0 Å². The summed E-state index contributed by atoms with van der Waals surface area (Å²) in [5.74, 6) is 1.89. The van der Waals surface area contributed by atoms with Crippen molar-refractivity contribution in [3.63, 3.8) is 0 Å². The molecule has 2 aromatic rings. The third-order valence-electron chi connectivity index (χ3n) is 5.75. The summed E-state index contributed by atoms with van der Waals surface area (Å²) in [4.78, 5) is 25.6. The van der Waals surface area contributed by atoms with Crippen molar-refractivity contribution in [2.24, 2.45) is 5.92 Å². The van der Waals surface area contributed by atoms with E-state index in [1.165, 1.54) is 5.56 Å². The lowest BCUT2D eigenvalue weighted by atomic mass is 9.93.